The second-order valence-electron chi connectivity index (χ2n) is 11.2. The largest absolute Gasteiger partial charge is 0.436 e. The average Bonchev–Trinajstić information content (AvgIpc) is 3.57. The highest BCUT2D eigenvalue weighted by Gasteiger charge is 2.27. The number of nitrogens with two attached hydrogens (primary N) is 1. The molecule has 2 aromatic carbocycles. The Bertz CT molecular complexity index is 1900. The Hall–Kier alpha value is -4.55. The Morgan fingerprint density at radius 1 is 1.14 bits per heavy atom. The summed E-state index contributed by atoms with van der Waals surface area (Å²) in [5.74, 6) is -0.247. The van der Waals surface area contributed by atoms with Crippen molar-refractivity contribution in [2.45, 2.75) is 33.1 Å². The van der Waals surface area contributed by atoms with Crippen LogP contribution in [-0.2, 0) is 21.2 Å². The molecule has 1 aliphatic carbocycles. The summed E-state index contributed by atoms with van der Waals surface area (Å²) in [6, 6.07) is 11.4. The molecule has 0 bridgehead atoms. The number of para-hydroxylation sites is 1. The van der Waals surface area contributed by atoms with Crippen LogP contribution in [-0.4, -0.2) is 47.9 Å². The number of halogens is 1. The molecule has 3 heterocycles. The molecule has 2 aromatic heterocycles. The third kappa shape index (κ3) is 6.08. The predicted molar refractivity (Wildman–Crippen MR) is 165 cm³/mol. The first-order chi connectivity index (χ1) is 21.1. The van der Waals surface area contributed by atoms with Crippen molar-refractivity contribution in [1.82, 2.24) is 14.8 Å². The van der Waals surface area contributed by atoms with Crippen LogP contribution in [0.15, 0.2) is 60.4 Å². The number of sulfonamides is 1. The van der Waals surface area contributed by atoms with Crippen molar-refractivity contribution in [2.75, 3.05) is 29.4 Å². The zero-order valence-corrected chi connectivity index (χ0v) is 25.2. The predicted octanol–water partition coefficient (Wildman–Crippen LogP) is 5.39. The minimum absolute atomic E-state index is 0.0501. The molecule has 0 spiro atoms. The van der Waals surface area contributed by atoms with Gasteiger partial charge in [0, 0.05) is 31.3 Å². The summed E-state index contributed by atoms with van der Waals surface area (Å²) >= 11 is 0. The number of ether oxygens (including phenoxy) is 2. The van der Waals surface area contributed by atoms with Crippen LogP contribution in [0.3, 0.4) is 0 Å². The van der Waals surface area contributed by atoms with Crippen molar-refractivity contribution in [3.05, 3.63) is 94.1 Å². The molecule has 10 nitrogen and oxygen atoms in total. The first kappa shape index (κ1) is 29.5. The van der Waals surface area contributed by atoms with E-state index in [9.17, 15) is 17.6 Å². The van der Waals surface area contributed by atoms with E-state index in [2.05, 4.69) is 14.8 Å². The zero-order chi connectivity index (χ0) is 31.0. The van der Waals surface area contributed by atoms with Gasteiger partial charge in [0.05, 0.1) is 35.1 Å². The second-order valence-corrected chi connectivity index (χ2v) is 12.9. The van der Waals surface area contributed by atoms with Gasteiger partial charge in [-0.1, -0.05) is 12.1 Å². The average molecular weight is 618 g/mol. The van der Waals surface area contributed by atoms with Gasteiger partial charge in [-0.15, -0.1) is 0 Å². The Labute approximate surface area is 254 Å². The Morgan fingerprint density at radius 3 is 2.66 bits per heavy atom. The maximum Gasteiger partial charge on any atom is 0.233 e. The Morgan fingerprint density at radius 2 is 1.91 bits per heavy atom. The second kappa shape index (κ2) is 11.9. The lowest BCUT2D eigenvalue weighted by Gasteiger charge is -2.22. The van der Waals surface area contributed by atoms with Crippen LogP contribution in [0, 0.1) is 25.6 Å². The fraction of sp³-hybridized carbons (Fsp3) is 0.281. The van der Waals surface area contributed by atoms with Crippen LogP contribution in [0.2, 0.25) is 0 Å². The highest BCUT2D eigenvalue weighted by Crippen LogP contribution is 2.34. The van der Waals surface area contributed by atoms with Crippen LogP contribution in [0.5, 0.6) is 11.6 Å². The van der Waals surface area contributed by atoms with Gasteiger partial charge < -0.3 is 15.2 Å². The van der Waals surface area contributed by atoms with Crippen molar-refractivity contribution in [3.8, 4) is 17.3 Å². The fourth-order valence-electron chi connectivity index (χ4n) is 5.53. The highest BCUT2D eigenvalue weighted by molar-refractivity contribution is 7.92. The van der Waals surface area contributed by atoms with E-state index in [0.717, 1.165) is 29.5 Å². The number of pyridine rings is 1. The number of fused-ring (bicyclic) bond motifs is 1. The van der Waals surface area contributed by atoms with Gasteiger partial charge in [0.2, 0.25) is 15.9 Å². The molecule has 6 rings (SSSR count). The van der Waals surface area contributed by atoms with Gasteiger partial charge in [0.15, 0.2) is 17.3 Å². The van der Waals surface area contributed by atoms with Gasteiger partial charge in [0.1, 0.15) is 5.82 Å². The third-order valence-electron chi connectivity index (χ3n) is 7.94. The number of hydrogen-bond donors (Lipinski definition) is 2. The van der Waals surface area contributed by atoms with E-state index >= 15 is 0 Å². The Balaban J connectivity index is 1.17. The summed E-state index contributed by atoms with van der Waals surface area (Å²) in [6.07, 6.45) is 6.52. The van der Waals surface area contributed by atoms with E-state index < -0.39 is 15.8 Å². The van der Waals surface area contributed by atoms with Gasteiger partial charge in [-0.05, 0) is 85.2 Å². The molecule has 4 aromatic rings. The molecule has 1 fully saturated rings. The first-order valence-corrected chi connectivity index (χ1v) is 15.9. The molecule has 228 valence electrons. The van der Waals surface area contributed by atoms with Gasteiger partial charge in [-0.2, -0.15) is 5.10 Å². The Kier molecular flexibility index (Phi) is 7.95. The highest BCUT2D eigenvalue weighted by atomic mass is 32.2. The van der Waals surface area contributed by atoms with Crippen LogP contribution >= 0.6 is 0 Å². The number of carbonyl (C=O) groups is 1. The molecular formula is C32H32FN5O5S. The van der Waals surface area contributed by atoms with E-state index in [0.29, 0.717) is 42.1 Å². The number of benzene rings is 2. The number of nitrogens with zero attached hydrogens (tertiary/aromatic N) is 3. The molecule has 1 saturated heterocycles. The number of ketones is 1. The molecule has 2 aliphatic rings. The number of anilines is 2. The fourth-order valence-corrected chi connectivity index (χ4v) is 7.13. The van der Waals surface area contributed by atoms with E-state index in [4.69, 9.17) is 15.2 Å². The third-order valence-corrected chi connectivity index (χ3v) is 9.38. The first-order valence-electron chi connectivity index (χ1n) is 14.3. The number of aromatic nitrogens is 3. The van der Waals surface area contributed by atoms with Gasteiger partial charge in [0.25, 0.3) is 0 Å². The molecule has 12 heteroatoms. The molecule has 0 saturated carbocycles. The zero-order valence-electron chi connectivity index (χ0n) is 24.3. The number of hydrogen-bond acceptors (Lipinski definition) is 8. The maximum absolute atomic E-state index is 14.0. The van der Waals surface area contributed by atoms with E-state index in [1.165, 1.54) is 29.2 Å². The number of carbonyl (C=O) groups excluding carboxylic acids is 1. The summed E-state index contributed by atoms with van der Waals surface area (Å²) in [6.45, 7) is 4.81. The lowest BCUT2D eigenvalue weighted by molar-refractivity contribution is 0.0724. The lowest BCUT2D eigenvalue weighted by atomic mass is 10.0. The molecular weight excluding hydrogens is 585 g/mol. The summed E-state index contributed by atoms with van der Waals surface area (Å²) in [5, 5.41) is 4.35. The van der Waals surface area contributed by atoms with Crippen LogP contribution in [0.25, 0.3) is 11.8 Å². The van der Waals surface area contributed by atoms with Crippen molar-refractivity contribution in [1.29, 1.82) is 0 Å². The lowest BCUT2D eigenvalue weighted by Crippen LogP contribution is -2.27. The topological polar surface area (TPSA) is 138 Å². The normalized spacial score (nSPS) is 15.1. The van der Waals surface area contributed by atoms with Gasteiger partial charge >= 0.3 is 0 Å². The summed E-state index contributed by atoms with van der Waals surface area (Å²) in [7, 11) is -3.55. The monoisotopic (exact) mass is 617 g/mol. The summed E-state index contributed by atoms with van der Waals surface area (Å²) < 4.78 is 54.9. The molecule has 1 aliphatic heterocycles. The number of allylic oxidation sites excluding steroid dienone is 1. The number of nitrogens with one attached hydrogen (secondary N) is 1. The maximum atomic E-state index is 14.0. The van der Waals surface area contributed by atoms with Crippen LogP contribution < -0.4 is 15.2 Å². The molecule has 3 N–H and O–H groups in total. The van der Waals surface area contributed by atoms with E-state index in [-0.39, 0.29) is 40.5 Å². The van der Waals surface area contributed by atoms with Crippen LogP contribution in [0.4, 0.5) is 15.9 Å². The van der Waals surface area contributed by atoms with E-state index in [1.54, 1.807) is 24.3 Å². The van der Waals surface area contributed by atoms with Crippen LogP contribution in [0.1, 0.15) is 45.5 Å². The summed E-state index contributed by atoms with van der Waals surface area (Å²) in [4.78, 5) is 17.9. The smallest absolute Gasteiger partial charge is 0.233 e. The summed E-state index contributed by atoms with van der Waals surface area (Å²) in [5.41, 5.74) is 11.4. The number of rotatable bonds is 9. The van der Waals surface area contributed by atoms with Crippen molar-refractivity contribution >= 4 is 33.4 Å². The minimum atomic E-state index is -3.55. The van der Waals surface area contributed by atoms with Gasteiger partial charge in [-0.25, -0.2) is 22.5 Å². The van der Waals surface area contributed by atoms with Crippen molar-refractivity contribution < 1.29 is 27.1 Å². The quantitative estimate of drug-likeness (QED) is 0.239. The molecule has 44 heavy (non-hydrogen) atoms. The standard InChI is InChI=1S/C32H32FN5O5S/c1-19-11-22-13-24(14-23(22)15-27(19)37-44(40,41)18-21-7-9-42-10-8-21)31(39)25-16-36-38(32(25)34)28-17-35-30(12-20(28)2)43-29-6-4-3-5-26(29)33/h3-6,11-13,15-17,21,37H,7-10,14,18,34H2,1-2H3. The molecule has 0 atom stereocenters. The van der Waals surface area contributed by atoms with Gasteiger partial charge in [-0.3, -0.25) is 9.52 Å². The minimum Gasteiger partial charge on any atom is -0.436 e. The van der Waals surface area contributed by atoms with Crippen molar-refractivity contribution in [3.63, 3.8) is 0 Å². The molecule has 0 amide bonds. The SMILES string of the molecule is Cc1cc2c(cc1NS(=O)(=O)CC1CCOCC1)CC(C(=O)c1cnn(-c3cnc(Oc4ccccc4F)cc3C)c1N)=C2. The number of nitrogen functional groups attached to an aromatic ring is 1. The molecule has 0 unspecified atom stereocenters. The number of Topliss-reactive ketones (excluding diaryl/α,β-unsaturated/α-hetero) is 1. The van der Waals surface area contributed by atoms with E-state index in [1.807, 2.05) is 26.0 Å². The number of aryl methyl sites for hydroxylation is 2. The van der Waals surface area contributed by atoms with Crippen molar-refractivity contribution in [2.24, 2.45) is 5.92 Å². The molecule has 0 radical (unpaired) electrons.